The Hall–Kier alpha value is -2.89. The first-order valence-electron chi connectivity index (χ1n) is 6.32. The molecular weight excluding hydrogens is 272 g/mol. The van der Waals surface area contributed by atoms with Crippen LogP contribution in [-0.4, -0.2) is 28.0 Å². The topological polar surface area (TPSA) is 99.3 Å². The molecule has 1 aromatic heterocycles. The molecule has 3 N–H and O–H groups in total. The zero-order valence-electron chi connectivity index (χ0n) is 11.1. The smallest absolute Gasteiger partial charge is 0.326 e. The van der Waals surface area contributed by atoms with Crippen molar-refractivity contribution in [2.75, 3.05) is 0 Å². The summed E-state index contributed by atoms with van der Waals surface area (Å²) in [6, 6.07) is 10.5. The normalized spacial score (nSPS) is 11.6. The number of carbonyl (C=O) groups is 2. The quantitative estimate of drug-likeness (QED) is 0.757. The number of pyridine rings is 1. The molecule has 0 spiro atoms. The average molecular weight is 286 g/mol. The number of aliphatic carboxylic acids is 1. The van der Waals surface area contributed by atoms with E-state index in [4.69, 9.17) is 0 Å². The van der Waals surface area contributed by atoms with Gasteiger partial charge in [-0.15, -0.1) is 0 Å². The summed E-state index contributed by atoms with van der Waals surface area (Å²) in [4.78, 5) is 36.5. The number of hydrogen-bond donors (Lipinski definition) is 3. The summed E-state index contributed by atoms with van der Waals surface area (Å²) >= 11 is 0. The van der Waals surface area contributed by atoms with Gasteiger partial charge in [0.2, 0.25) is 5.56 Å². The largest absolute Gasteiger partial charge is 0.480 e. The molecule has 6 nitrogen and oxygen atoms in total. The summed E-state index contributed by atoms with van der Waals surface area (Å²) in [5, 5.41) is 11.6. The van der Waals surface area contributed by atoms with Crippen LogP contribution >= 0.6 is 0 Å². The van der Waals surface area contributed by atoms with Gasteiger partial charge in [-0.25, -0.2) is 4.79 Å². The highest BCUT2D eigenvalue weighted by Crippen LogP contribution is 2.04. The van der Waals surface area contributed by atoms with E-state index in [1.165, 1.54) is 18.3 Å². The molecule has 6 heteroatoms. The van der Waals surface area contributed by atoms with Gasteiger partial charge in [-0.3, -0.25) is 9.59 Å². The summed E-state index contributed by atoms with van der Waals surface area (Å²) in [5.74, 6) is -1.66. The van der Waals surface area contributed by atoms with Crippen LogP contribution in [0.5, 0.6) is 0 Å². The van der Waals surface area contributed by atoms with Gasteiger partial charge < -0.3 is 15.4 Å². The van der Waals surface area contributed by atoms with E-state index >= 15 is 0 Å². The lowest BCUT2D eigenvalue weighted by Gasteiger charge is -2.14. The van der Waals surface area contributed by atoms with E-state index in [0.29, 0.717) is 0 Å². The summed E-state index contributed by atoms with van der Waals surface area (Å²) in [5.41, 5.74) is 0.686. The molecule has 21 heavy (non-hydrogen) atoms. The summed E-state index contributed by atoms with van der Waals surface area (Å²) in [6.07, 6.45) is 1.43. The summed E-state index contributed by atoms with van der Waals surface area (Å²) in [6.45, 7) is 0. The number of amides is 1. The van der Waals surface area contributed by atoms with Crippen LogP contribution in [0.4, 0.5) is 0 Å². The van der Waals surface area contributed by atoms with Crippen LogP contribution in [0.3, 0.4) is 0 Å². The Morgan fingerprint density at radius 2 is 1.86 bits per heavy atom. The van der Waals surface area contributed by atoms with Gasteiger partial charge in [0.15, 0.2) is 0 Å². The van der Waals surface area contributed by atoms with Crippen LogP contribution in [0.15, 0.2) is 53.5 Å². The number of aromatic nitrogens is 1. The monoisotopic (exact) mass is 286 g/mol. The van der Waals surface area contributed by atoms with Gasteiger partial charge in [-0.2, -0.15) is 0 Å². The van der Waals surface area contributed by atoms with Crippen LogP contribution in [0.2, 0.25) is 0 Å². The summed E-state index contributed by atoms with van der Waals surface area (Å²) in [7, 11) is 0. The predicted octanol–water partition coefficient (Wildman–Crippen LogP) is 0.801. The molecule has 108 valence electrons. The molecule has 0 fully saturated rings. The number of carboxylic acid groups (broad SMARTS) is 1. The lowest BCUT2D eigenvalue weighted by molar-refractivity contribution is -0.139. The number of benzene rings is 1. The van der Waals surface area contributed by atoms with E-state index in [9.17, 15) is 19.5 Å². The fourth-order valence-electron chi connectivity index (χ4n) is 1.84. The minimum atomic E-state index is -1.11. The van der Waals surface area contributed by atoms with Crippen molar-refractivity contribution >= 4 is 11.9 Å². The highest BCUT2D eigenvalue weighted by atomic mass is 16.4. The fraction of sp³-hybridized carbons (Fsp3) is 0.133. The highest BCUT2D eigenvalue weighted by Gasteiger charge is 2.21. The molecule has 0 bridgehead atoms. The van der Waals surface area contributed by atoms with Crippen LogP contribution < -0.4 is 10.9 Å². The Kier molecular flexibility index (Phi) is 4.50. The third-order valence-electron chi connectivity index (χ3n) is 2.93. The number of aromatic amines is 1. The van der Waals surface area contributed by atoms with Crippen molar-refractivity contribution in [3.05, 3.63) is 70.1 Å². The first-order chi connectivity index (χ1) is 10.1. The van der Waals surface area contributed by atoms with E-state index in [1.807, 2.05) is 6.07 Å². The van der Waals surface area contributed by atoms with Crippen molar-refractivity contribution in [1.29, 1.82) is 0 Å². The molecule has 0 aliphatic heterocycles. The van der Waals surface area contributed by atoms with Crippen molar-refractivity contribution in [3.8, 4) is 0 Å². The first kappa shape index (κ1) is 14.5. The Morgan fingerprint density at radius 1 is 1.14 bits per heavy atom. The van der Waals surface area contributed by atoms with Crippen molar-refractivity contribution < 1.29 is 14.7 Å². The molecule has 1 aromatic carbocycles. The number of nitrogens with one attached hydrogen (secondary N) is 2. The molecule has 0 unspecified atom stereocenters. The zero-order valence-corrected chi connectivity index (χ0v) is 11.1. The fourth-order valence-corrected chi connectivity index (χ4v) is 1.84. The van der Waals surface area contributed by atoms with Crippen LogP contribution in [0, 0.1) is 0 Å². The zero-order chi connectivity index (χ0) is 15.2. The van der Waals surface area contributed by atoms with Crippen molar-refractivity contribution in [1.82, 2.24) is 10.3 Å². The minimum Gasteiger partial charge on any atom is -0.480 e. The van der Waals surface area contributed by atoms with E-state index in [1.54, 1.807) is 24.3 Å². The molecule has 2 aromatic rings. The minimum absolute atomic E-state index is 0.186. The van der Waals surface area contributed by atoms with Gasteiger partial charge in [-0.1, -0.05) is 30.3 Å². The van der Waals surface area contributed by atoms with Crippen molar-refractivity contribution in [2.45, 2.75) is 12.5 Å². The number of carbonyl (C=O) groups excluding carboxylic acids is 1. The van der Waals surface area contributed by atoms with Crippen LogP contribution in [-0.2, 0) is 11.2 Å². The van der Waals surface area contributed by atoms with Gasteiger partial charge in [-0.05, 0) is 11.6 Å². The number of hydrogen-bond acceptors (Lipinski definition) is 3. The Labute approximate surface area is 120 Å². The van der Waals surface area contributed by atoms with E-state index in [0.717, 1.165) is 5.56 Å². The second-order valence-electron chi connectivity index (χ2n) is 4.50. The maximum absolute atomic E-state index is 12.0. The SMILES string of the molecule is O=C(N[C@H](Cc1ccccc1)C(=O)O)c1ccc(=O)[nH]c1. The van der Waals surface area contributed by atoms with Gasteiger partial charge in [0.25, 0.3) is 5.91 Å². The Balaban J connectivity index is 2.09. The van der Waals surface area contributed by atoms with Gasteiger partial charge in [0, 0.05) is 18.7 Å². The van der Waals surface area contributed by atoms with Crippen LogP contribution in [0.1, 0.15) is 15.9 Å². The second kappa shape index (κ2) is 6.51. The van der Waals surface area contributed by atoms with Gasteiger partial charge in [0.05, 0.1) is 5.56 Å². The van der Waals surface area contributed by atoms with E-state index in [2.05, 4.69) is 10.3 Å². The second-order valence-corrected chi connectivity index (χ2v) is 4.50. The molecule has 1 atom stereocenters. The van der Waals surface area contributed by atoms with Crippen molar-refractivity contribution in [3.63, 3.8) is 0 Å². The number of rotatable bonds is 5. The van der Waals surface area contributed by atoms with Crippen LogP contribution in [0.25, 0.3) is 0 Å². The van der Waals surface area contributed by atoms with E-state index < -0.39 is 17.9 Å². The third-order valence-corrected chi connectivity index (χ3v) is 2.93. The maximum atomic E-state index is 12.0. The predicted molar refractivity (Wildman–Crippen MR) is 76.1 cm³/mol. The Morgan fingerprint density at radius 3 is 2.43 bits per heavy atom. The standard InChI is InChI=1S/C15H14N2O4/c18-13-7-6-11(9-16-13)14(19)17-12(15(20)21)8-10-4-2-1-3-5-10/h1-7,9,12H,8H2,(H,16,18)(H,17,19)(H,20,21)/t12-/m1/s1. The molecular formula is C15H14N2O4. The molecule has 0 saturated carbocycles. The third kappa shape index (κ3) is 4.04. The number of H-pyrrole nitrogens is 1. The number of carboxylic acids is 1. The molecule has 1 amide bonds. The summed E-state index contributed by atoms with van der Waals surface area (Å²) < 4.78 is 0. The highest BCUT2D eigenvalue weighted by molar-refractivity contribution is 5.96. The molecule has 0 aliphatic carbocycles. The maximum Gasteiger partial charge on any atom is 0.326 e. The lowest BCUT2D eigenvalue weighted by atomic mass is 10.1. The molecule has 1 heterocycles. The first-order valence-corrected chi connectivity index (χ1v) is 6.32. The van der Waals surface area contributed by atoms with Gasteiger partial charge >= 0.3 is 5.97 Å². The van der Waals surface area contributed by atoms with E-state index in [-0.39, 0.29) is 17.5 Å². The molecule has 0 saturated heterocycles. The van der Waals surface area contributed by atoms with Gasteiger partial charge in [0.1, 0.15) is 6.04 Å². The van der Waals surface area contributed by atoms with Crippen molar-refractivity contribution in [2.24, 2.45) is 0 Å². The molecule has 0 radical (unpaired) electrons. The molecule has 0 aliphatic rings. The Bertz CT molecular complexity index is 674. The average Bonchev–Trinajstić information content (AvgIpc) is 2.48. The lowest BCUT2D eigenvalue weighted by Crippen LogP contribution is -2.42. The molecule has 2 rings (SSSR count).